The first kappa shape index (κ1) is 17.4. The first-order chi connectivity index (χ1) is 14.0. The molecule has 0 spiro atoms. The normalized spacial score (nSPS) is 18.9. The third-order valence-electron chi connectivity index (χ3n) is 5.53. The maximum absolute atomic E-state index is 12.8. The van der Waals surface area contributed by atoms with Crippen molar-refractivity contribution in [3.63, 3.8) is 0 Å². The van der Waals surface area contributed by atoms with Crippen LogP contribution < -0.4 is 10.1 Å². The predicted octanol–water partition coefficient (Wildman–Crippen LogP) is 1.77. The van der Waals surface area contributed by atoms with Gasteiger partial charge in [-0.1, -0.05) is 6.07 Å². The van der Waals surface area contributed by atoms with E-state index in [9.17, 15) is 14.4 Å². The lowest BCUT2D eigenvalue weighted by atomic mass is 10.0. The SMILES string of the molecule is COc1ccc2ncc(-c3ccc4c(c3)CN(C3CCC(=O)NC3=O)C4=O)n2c1. The quantitative estimate of drug-likeness (QED) is 0.688. The average molecular weight is 390 g/mol. The summed E-state index contributed by atoms with van der Waals surface area (Å²) in [4.78, 5) is 42.4. The van der Waals surface area contributed by atoms with Crippen molar-refractivity contribution < 1.29 is 19.1 Å². The molecule has 2 aliphatic rings. The summed E-state index contributed by atoms with van der Waals surface area (Å²) in [7, 11) is 1.61. The third kappa shape index (κ3) is 2.75. The number of amides is 3. The predicted molar refractivity (Wildman–Crippen MR) is 103 cm³/mol. The maximum atomic E-state index is 12.8. The summed E-state index contributed by atoms with van der Waals surface area (Å²) >= 11 is 0. The number of rotatable bonds is 3. The molecule has 146 valence electrons. The van der Waals surface area contributed by atoms with Crippen LogP contribution in [0.2, 0.25) is 0 Å². The van der Waals surface area contributed by atoms with E-state index in [-0.39, 0.29) is 18.2 Å². The van der Waals surface area contributed by atoms with E-state index in [1.165, 1.54) is 0 Å². The molecular weight excluding hydrogens is 372 g/mol. The molecule has 1 atom stereocenters. The van der Waals surface area contributed by atoms with Crippen molar-refractivity contribution in [3.8, 4) is 17.0 Å². The standard InChI is InChI=1S/C21H18N4O4/c1-29-14-3-6-18-22-9-17(24(18)11-14)12-2-4-15-13(8-12)10-25(21(15)28)16-5-7-19(26)23-20(16)27/h2-4,6,8-9,11,16H,5,7,10H2,1H3,(H,23,26,27). The molecule has 2 aliphatic heterocycles. The highest BCUT2D eigenvalue weighted by atomic mass is 16.5. The number of carbonyl (C=O) groups excluding carboxylic acids is 3. The average Bonchev–Trinajstić information content (AvgIpc) is 3.28. The number of nitrogens with one attached hydrogen (secondary N) is 1. The van der Waals surface area contributed by atoms with Gasteiger partial charge in [-0.2, -0.15) is 0 Å². The Bertz CT molecular complexity index is 1180. The van der Waals surface area contributed by atoms with Crippen LogP contribution in [-0.4, -0.2) is 45.2 Å². The molecule has 0 radical (unpaired) electrons. The first-order valence-electron chi connectivity index (χ1n) is 9.34. The number of hydrogen-bond donors (Lipinski definition) is 1. The van der Waals surface area contributed by atoms with E-state index in [4.69, 9.17) is 4.74 Å². The third-order valence-corrected chi connectivity index (χ3v) is 5.53. The first-order valence-corrected chi connectivity index (χ1v) is 9.34. The van der Waals surface area contributed by atoms with Gasteiger partial charge in [0.05, 0.1) is 25.2 Å². The lowest BCUT2D eigenvalue weighted by Crippen LogP contribution is -2.52. The van der Waals surface area contributed by atoms with E-state index in [0.29, 0.717) is 18.5 Å². The molecule has 1 aromatic carbocycles. The number of hydrogen-bond acceptors (Lipinski definition) is 5. The van der Waals surface area contributed by atoms with Crippen molar-refractivity contribution in [2.45, 2.75) is 25.4 Å². The molecule has 1 saturated heterocycles. The van der Waals surface area contributed by atoms with Crippen molar-refractivity contribution in [2.75, 3.05) is 7.11 Å². The fourth-order valence-corrected chi connectivity index (χ4v) is 4.03. The van der Waals surface area contributed by atoms with Crippen molar-refractivity contribution in [2.24, 2.45) is 0 Å². The molecule has 8 heteroatoms. The number of methoxy groups -OCH3 is 1. The minimum atomic E-state index is -0.615. The van der Waals surface area contributed by atoms with E-state index >= 15 is 0 Å². The summed E-state index contributed by atoms with van der Waals surface area (Å²) in [6.07, 6.45) is 4.24. The minimum absolute atomic E-state index is 0.180. The fourth-order valence-electron chi connectivity index (χ4n) is 4.03. The molecular formula is C21H18N4O4. The van der Waals surface area contributed by atoms with Gasteiger partial charge >= 0.3 is 0 Å². The molecule has 1 unspecified atom stereocenters. The number of aromatic nitrogens is 2. The fraction of sp³-hybridized carbons (Fsp3) is 0.238. The Kier molecular flexibility index (Phi) is 3.87. The monoisotopic (exact) mass is 390 g/mol. The van der Waals surface area contributed by atoms with Gasteiger partial charge in [-0.25, -0.2) is 4.98 Å². The number of pyridine rings is 1. The van der Waals surface area contributed by atoms with Crippen molar-refractivity contribution in [1.29, 1.82) is 0 Å². The second-order valence-corrected chi connectivity index (χ2v) is 7.21. The summed E-state index contributed by atoms with van der Waals surface area (Å²) in [6.45, 7) is 0.342. The van der Waals surface area contributed by atoms with E-state index in [2.05, 4.69) is 10.3 Å². The number of imidazole rings is 1. The number of ether oxygens (including phenoxy) is 1. The summed E-state index contributed by atoms with van der Waals surface area (Å²) in [5.74, 6) is -0.157. The van der Waals surface area contributed by atoms with Gasteiger partial charge in [-0.3, -0.25) is 24.1 Å². The van der Waals surface area contributed by atoms with Crippen LogP contribution in [0.25, 0.3) is 16.9 Å². The van der Waals surface area contributed by atoms with Gasteiger partial charge in [-0.15, -0.1) is 0 Å². The van der Waals surface area contributed by atoms with E-state index < -0.39 is 11.9 Å². The molecule has 3 aromatic rings. The Hall–Kier alpha value is -3.68. The molecule has 0 bridgehead atoms. The Labute approximate surface area is 166 Å². The summed E-state index contributed by atoms with van der Waals surface area (Å²) in [5, 5.41) is 2.32. The van der Waals surface area contributed by atoms with Crippen molar-refractivity contribution in [1.82, 2.24) is 19.6 Å². The van der Waals surface area contributed by atoms with E-state index in [1.807, 2.05) is 34.9 Å². The van der Waals surface area contributed by atoms with Crippen LogP contribution in [0.15, 0.2) is 42.7 Å². The van der Waals surface area contributed by atoms with Gasteiger partial charge in [0, 0.05) is 24.1 Å². The number of nitrogens with zero attached hydrogens (tertiary/aromatic N) is 3. The van der Waals surface area contributed by atoms with Crippen molar-refractivity contribution in [3.05, 3.63) is 53.9 Å². The highest BCUT2D eigenvalue weighted by Crippen LogP contribution is 2.31. The van der Waals surface area contributed by atoms with Crippen LogP contribution in [0.3, 0.4) is 0 Å². The van der Waals surface area contributed by atoms with Crippen LogP contribution in [-0.2, 0) is 16.1 Å². The molecule has 4 heterocycles. The lowest BCUT2D eigenvalue weighted by Gasteiger charge is -2.29. The maximum Gasteiger partial charge on any atom is 0.255 e. The number of piperidine rings is 1. The van der Waals surface area contributed by atoms with Crippen LogP contribution in [0.4, 0.5) is 0 Å². The Morgan fingerprint density at radius 3 is 2.83 bits per heavy atom. The number of carbonyl (C=O) groups is 3. The molecule has 0 saturated carbocycles. The van der Waals surface area contributed by atoms with Crippen LogP contribution in [0, 0.1) is 0 Å². The summed E-state index contributed by atoms with van der Waals surface area (Å²) < 4.78 is 7.25. The van der Waals surface area contributed by atoms with Crippen molar-refractivity contribution >= 4 is 23.4 Å². The molecule has 1 fully saturated rings. The van der Waals surface area contributed by atoms with E-state index in [0.717, 1.165) is 28.2 Å². The Morgan fingerprint density at radius 2 is 2.03 bits per heavy atom. The largest absolute Gasteiger partial charge is 0.495 e. The summed E-state index contributed by atoms with van der Waals surface area (Å²) in [5.41, 5.74) is 4.04. The zero-order chi connectivity index (χ0) is 20.1. The summed E-state index contributed by atoms with van der Waals surface area (Å²) in [6, 6.07) is 8.75. The van der Waals surface area contributed by atoms with Crippen LogP contribution >= 0.6 is 0 Å². The van der Waals surface area contributed by atoms with Crippen LogP contribution in [0.1, 0.15) is 28.8 Å². The number of imide groups is 1. The lowest BCUT2D eigenvalue weighted by molar-refractivity contribution is -0.136. The molecule has 29 heavy (non-hydrogen) atoms. The molecule has 2 aromatic heterocycles. The van der Waals surface area contributed by atoms with Crippen LogP contribution in [0.5, 0.6) is 5.75 Å². The zero-order valence-electron chi connectivity index (χ0n) is 15.7. The van der Waals surface area contributed by atoms with Gasteiger partial charge < -0.3 is 9.64 Å². The minimum Gasteiger partial charge on any atom is -0.495 e. The molecule has 5 rings (SSSR count). The van der Waals surface area contributed by atoms with Gasteiger partial charge in [0.25, 0.3) is 5.91 Å². The second-order valence-electron chi connectivity index (χ2n) is 7.21. The number of benzene rings is 1. The zero-order valence-corrected chi connectivity index (χ0v) is 15.7. The van der Waals surface area contributed by atoms with Gasteiger partial charge in [-0.05, 0) is 36.2 Å². The Balaban J connectivity index is 1.49. The van der Waals surface area contributed by atoms with Gasteiger partial charge in [0.2, 0.25) is 11.8 Å². The second kappa shape index (κ2) is 6.44. The smallest absolute Gasteiger partial charge is 0.255 e. The van der Waals surface area contributed by atoms with E-state index in [1.54, 1.807) is 24.3 Å². The topological polar surface area (TPSA) is 93.0 Å². The molecule has 3 amide bonds. The molecule has 0 aliphatic carbocycles. The highest BCUT2D eigenvalue weighted by molar-refractivity contribution is 6.05. The number of fused-ring (bicyclic) bond motifs is 2. The molecule has 8 nitrogen and oxygen atoms in total. The van der Waals surface area contributed by atoms with Gasteiger partial charge in [0.15, 0.2) is 0 Å². The highest BCUT2D eigenvalue weighted by Gasteiger charge is 2.39. The Morgan fingerprint density at radius 1 is 1.17 bits per heavy atom. The molecule has 1 N–H and O–H groups in total. The van der Waals surface area contributed by atoms with Gasteiger partial charge in [0.1, 0.15) is 17.4 Å².